The summed E-state index contributed by atoms with van der Waals surface area (Å²) in [5, 5.41) is 3.58. The second-order valence-electron chi connectivity index (χ2n) is 4.16. The summed E-state index contributed by atoms with van der Waals surface area (Å²) in [5.74, 6) is 0. The number of rotatable bonds is 8. The molecule has 1 N–H and O–H groups in total. The van der Waals surface area contributed by atoms with Crippen molar-refractivity contribution in [1.82, 2.24) is 10.3 Å². The van der Waals surface area contributed by atoms with Gasteiger partial charge in [-0.1, -0.05) is 13.0 Å². The first-order valence-electron chi connectivity index (χ1n) is 6.22. The highest BCUT2D eigenvalue weighted by molar-refractivity contribution is 9.10. The van der Waals surface area contributed by atoms with Crippen molar-refractivity contribution in [2.24, 2.45) is 0 Å². The molecule has 17 heavy (non-hydrogen) atoms. The van der Waals surface area contributed by atoms with Gasteiger partial charge in [0.25, 0.3) is 0 Å². The largest absolute Gasteiger partial charge is 0.310 e. The maximum atomic E-state index is 4.23. The number of allylic oxidation sites excluding steroid dienone is 1. The topological polar surface area (TPSA) is 24.9 Å². The predicted octanol–water partition coefficient (Wildman–Crippen LogP) is 4.24. The van der Waals surface area contributed by atoms with Gasteiger partial charge in [-0.25, -0.2) is 0 Å². The summed E-state index contributed by atoms with van der Waals surface area (Å²) in [6.07, 6.45) is 10.3. The minimum absolute atomic E-state index is 0.403. The Bertz CT molecular complexity index is 339. The molecule has 0 aliphatic carbocycles. The summed E-state index contributed by atoms with van der Waals surface area (Å²) >= 11 is 3.47. The van der Waals surface area contributed by atoms with E-state index in [1.165, 1.54) is 5.56 Å². The van der Waals surface area contributed by atoms with E-state index in [-0.39, 0.29) is 0 Å². The van der Waals surface area contributed by atoms with Gasteiger partial charge in [-0.15, -0.1) is 6.58 Å². The molecule has 1 aromatic rings. The number of aromatic nitrogens is 1. The number of nitrogens with zero attached hydrogens (tertiary/aromatic N) is 1. The summed E-state index contributed by atoms with van der Waals surface area (Å²) in [6.45, 7) is 7.00. The summed E-state index contributed by atoms with van der Waals surface area (Å²) in [4.78, 5) is 4.23. The SMILES string of the molecule is C=CCCCC(NCCC)c1cncc(Br)c1. The van der Waals surface area contributed by atoms with Crippen molar-refractivity contribution in [2.45, 2.75) is 38.6 Å². The quantitative estimate of drug-likeness (QED) is 0.573. The zero-order chi connectivity index (χ0) is 12.5. The van der Waals surface area contributed by atoms with Crippen molar-refractivity contribution in [1.29, 1.82) is 0 Å². The second-order valence-corrected chi connectivity index (χ2v) is 5.08. The molecule has 3 heteroatoms. The summed E-state index contributed by atoms with van der Waals surface area (Å²) in [7, 11) is 0. The van der Waals surface area contributed by atoms with Crippen molar-refractivity contribution in [3.05, 3.63) is 41.2 Å². The van der Waals surface area contributed by atoms with Crippen LogP contribution >= 0.6 is 15.9 Å². The summed E-state index contributed by atoms with van der Waals surface area (Å²) in [6, 6.07) is 2.55. The molecule has 0 fully saturated rings. The van der Waals surface area contributed by atoms with E-state index in [1.807, 2.05) is 18.5 Å². The molecule has 0 saturated heterocycles. The van der Waals surface area contributed by atoms with Crippen LogP contribution in [0.15, 0.2) is 35.6 Å². The lowest BCUT2D eigenvalue weighted by molar-refractivity contribution is 0.485. The Morgan fingerprint density at radius 3 is 3.00 bits per heavy atom. The van der Waals surface area contributed by atoms with E-state index < -0.39 is 0 Å². The summed E-state index contributed by atoms with van der Waals surface area (Å²) in [5.41, 5.74) is 1.26. The average Bonchev–Trinajstić information content (AvgIpc) is 2.33. The van der Waals surface area contributed by atoms with Crippen LogP contribution in [-0.2, 0) is 0 Å². The minimum atomic E-state index is 0.403. The third-order valence-corrected chi connectivity index (χ3v) is 3.10. The van der Waals surface area contributed by atoms with Gasteiger partial charge >= 0.3 is 0 Å². The Labute approximate surface area is 113 Å². The number of hydrogen-bond donors (Lipinski definition) is 1. The van der Waals surface area contributed by atoms with E-state index in [0.717, 1.165) is 36.7 Å². The highest BCUT2D eigenvalue weighted by atomic mass is 79.9. The fourth-order valence-corrected chi connectivity index (χ4v) is 2.17. The lowest BCUT2D eigenvalue weighted by atomic mass is 10.0. The highest BCUT2D eigenvalue weighted by Crippen LogP contribution is 2.21. The van der Waals surface area contributed by atoms with Crippen molar-refractivity contribution in [3.8, 4) is 0 Å². The molecule has 0 amide bonds. The molecule has 1 atom stereocenters. The van der Waals surface area contributed by atoms with Crippen LogP contribution in [0.25, 0.3) is 0 Å². The van der Waals surface area contributed by atoms with Gasteiger partial charge in [0.05, 0.1) is 0 Å². The van der Waals surface area contributed by atoms with Crippen LogP contribution in [-0.4, -0.2) is 11.5 Å². The Kier molecular flexibility index (Phi) is 7.13. The molecule has 0 spiro atoms. The Hall–Kier alpha value is -0.670. The van der Waals surface area contributed by atoms with Crippen LogP contribution in [0, 0.1) is 0 Å². The van der Waals surface area contributed by atoms with E-state index in [2.05, 4.69) is 45.8 Å². The zero-order valence-electron chi connectivity index (χ0n) is 10.5. The minimum Gasteiger partial charge on any atom is -0.310 e. The van der Waals surface area contributed by atoms with Crippen LogP contribution in [0.1, 0.15) is 44.2 Å². The molecule has 0 radical (unpaired) electrons. The molecule has 0 aromatic carbocycles. The number of hydrogen-bond acceptors (Lipinski definition) is 2. The predicted molar refractivity (Wildman–Crippen MR) is 77.0 cm³/mol. The van der Waals surface area contributed by atoms with Gasteiger partial charge in [0.2, 0.25) is 0 Å². The van der Waals surface area contributed by atoms with Crippen molar-refractivity contribution < 1.29 is 0 Å². The van der Waals surface area contributed by atoms with Crippen LogP contribution in [0.2, 0.25) is 0 Å². The van der Waals surface area contributed by atoms with Crippen molar-refractivity contribution in [2.75, 3.05) is 6.54 Å². The van der Waals surface area contributed by atoms with E-state index >= 15 is 0 Å². The fraction of sp³-hybridized carbons (Fsp3) is 0.500. The highest BCUT2D eigenvalue weighted by Gasteiger charge is 2.10. The molecule has 0 bridgehead atoms. The van der Waals surface area contributed by atoms with Crippen molar-refractivity contribution >= 4 is 15.9 Å². The normalized spacial score (nSPS) is 12.4. The average molecular weight is 297 g/mol. The van der Waals surface area contributed by atoms with Crippen LogP contribution in [0.4, 0.5) is 0 Å². The molecular formula is C14H21BrN2. The van der Waals surface area contributed by atoms with Gasteiger partial charge < -0.3 is 5.32 Å². The first-order chi connectivity index (χ1) is 8.27. The summed E-state index contributed by atoms with van der Waals surface area (Å²) < 4.78 is 1.04. The monoisotopic (exact) mass is 296 g/mol. The molecule has 0 aliphatic rings. The molecule has 1 aromatic heterocycles. The van der Waals surface area contributed by atoms with Gasteiger partial charge in [0.1, 0.15) is 0 Å². The standard InChI is InChI=1S/C14H21BrN2/c1-3-5-6-7-14(17-8-4-2)12-9-13(15)11-16-10-12/h3,9-11,14,17H,1,4-8H2,2H3. The number of halogens is 1. The molecule has 2 nitrogen and oxygen atoms in total. The smallest absolute Gasteiger partial charge is 0.0410 e. The van der Waals surface area contributed by atoms with Crippen molar-refractivity contribution in [3.63, 3.8) is 0 Å². The van der Waals surface area contributed by atoms with Gasteiger partial charge in [-0.2, -0.15) is 0 Å². The zero-order valence-corrected chi connectivity index (χ0v) is 12.0. The molecule has 0 aliphatic heterocycles. The van der Waals surface area contributed by atoms with Gasteiger partial charge in [-0.3, -0.25) is 4.98 Å². The lowest BCUT2D eigenvalue weighted by Gasteiger charge is -2.18. The van der Waals surface area contributed by atoms with Gasteiger partial charge in [0, 0.05) is 22.9 Å². The van der Waals surface area contributed by atoms with E-state index in [9.17, 15) is 0 Å². The Morgan fingerprint density at radius 2 is 2.35 bits per heavy atom. The van der Waals surface area contributed by atoms with E-state index in [0.29, 0.717) is 6.04 Å². The number of nitrogens with one attached hydrogen (secondary N) is 1. The van der Waals surface area contributed by atoms with Crippen LogP contribution in [0.3, 0.4) is 0 Å². The molecular weight excluding hydrogens is 276 g/mol. The molecule has 1 unspecified atom stereocenters. The van der Waals surface area contributed by atoms with E-state index in [1.54, 1.807) is 0 Å². The van der Waals surface area contributed by atoms with Crippen LogP contribution < -0.4 is 5.32 Å². The van der Waals surface area contributed by atoms with E-state index in [4.69, 9.17) is 0 Å². The number of unbranched alkanes of at least 4 members (excludes halogenated alkanes) is 1. The van der Waals surface area contributed by atoms with Gasteiger partial charge in [0.15, 0.2) is 0 Å². The third-order valence-electron chi connectivity index (χ3n) is 2.67. The Balaban J connectivity index is 2.63. The van der Waals surface area contributed by atoms with Gasteiger partial charge in [-0.05, 0) is 59.8 Å². The lowest BCUT2D eigenvalue weighted by Crippen LogP contribution is -2.22. The second kappa shape index (κ2) is 8.43. The molecule has 1 heterocycles. The molecule has 1 rings (SSSR count). The molecule has 0 saturated carbocycles. The Morgan fingerprint density at radius 1 is 1.53 bits per heavy atom. The fourth-order valence-electron chi connectivity index (χ4n) is 1.79. The maximum Gasteiger partial charge on any atom is 0.0410 e. The molecule has 94 valence electrons. The maximum absolute atomic E-state index is 4.23. The van der Waals surface area contributed by atoms with Crippen LogP contribution in [0.5, 0.6) is 0 Å². The number of pyridine rings is 1. The first kappa shape index (κ1) is 14.4. The first-order valence-corrected chi connectivity index (χ1v) is 7.02. The third kappa shape index (κ3) is 5.46.